The monoisotopic (exact) mass is 400 g/mol. The largest absolute Gasteiger partial charge is 0.437 e. The van der Waals surface area contributed by atoms with Crippen LogP contribution in [0.4, 0.5) is 4.39 Å². The van der Waals surface area contributed by atoms with Crippen molar-refractivity contribution in [3.8, 4) is 17.1 Å². The van der Waals surface area contributed by atoms with E-state index in [9.17, 15) is 4.39 Å². The zero-order valence-corrected chi connectivity index (χ0v) is 17.5. The third-order valence-corrected chi connectivity index (χ3v) is 5.72. The van der Waals surface area contributed by atoms with Gasteiger partial charge in [-0.15, -0.1) is 0 Å². The summed E-state index contributed by atoms with van der Waals surface area (Å²) in [5.74, 6) is 0.849. The molecule has 0 N–H and O–H groups in total. The number of aryl methyl sites for hydroxylation is 2. The number of pyridine rings is 1. The lowest BCUT2D eigenvalue weighted by Crippen LogP contribution is -2.29. The van der Waals surface area contributed by atoms with Gasteiger partial charge in [-0.3, -0.25) is 0 Å². The number of imidazole rings is 1. The van der Waals surface area contributed by atoms with Gasteiger partial charge in [0.2, 0.25) is 11.7 Å². The minimum absolute atomic E-state index is 0.320. The maximum Gasteiger partial charge on any atom is 0.297 e. The van der Waals surface area contributed by atoms with Crippen LogP contribution in [0.3, 0.4) is 0 Å². The number of hydrogen-bond donors (Lipinski definition) is 0. The molecule has 0 aliphatic carbocycles. The van der Waals surface area contributed by atoms with Crippen molar-refractivity contribution < 1.29 is 13.4 Å². The molecule has 0 unspecified atom stereocenters. The van der Waals surface area contributed by atoms with Gasteiger partial charge in [0.25, 0.3) is 5.82 Å². The summed E-state index contributed by atoms with van der Waals surface area (Å²) in [6, 6.07) is 15.7. The van der Waals surface area contributed by atoms with Crippen molar-refractivity contribution in [1.82, 2.24) is 9.55 Å². The quantitative estimate of drug-likeness (QED) is 0.282. The zero-order valence-electron chi connectivity index (χ0n) is 17.5. The predicted molar refractivity (Wildman–Crippen MR) is 116 cm³/mol. The number of benzene rings is 2. The van der Waals surface area contributed by atoms with Crippen LogP contribution in [0.2, 0.25) is 0 Å². The molecule has 0 spiro atoms. The first kappa shape index (κ1) is 18.6. The number of aromatic nitrogens is 3. The first-order valence-corrected chi connectivity index (χ1v) is 10.1. The molecule has 0 bridgehead atoms. The topological polar surface area (TPSA) is 34.8 Å². The summed E-state index contributed by atoms with van der Waals surface area (Å²) >= 11 is 0. The van der Waals surface area contributed by atoms with E-state index < -0.39 is 5.95 Å². The number of para-hydroxylation sites is 1. The van der Waals surface area contributed by atoms with E-state index in [1.165, 1.54) is 11.6 Å². The van der Waals surface area contributed by atoms with Crippen molar-refractivity contribution in [1.29, 1.82) is 0 Å². The van der Waals surface area contributed by atoms with E-state index in [0.717, 1.165) is 39.0 Å². The van der Waals surface area contributed by atoms with Gasteiger partial charge in [-0.2, -0.15) is 13.9 Å². The fourth-order valence-electron chi connectivity index (χ4n) is 4.24. The zero-order chi connectivity index (χ0) is 21.0. The second-order valence-electron chi connectivity index (χ2n) is 8.04. The molecule has 30 heavy (non-hydrogen) atoms. The molecule has 5 aromatic rings. The molecule has 2 aromatic carbocycles. The van der Waals surface area contributed by atoms with Crippen LogP contribution in [0.5, 0.6) is 0 Å². The molecule has 0 aliphatic heterocycles. The lowest BCUT2D eigenvalue weighted by molar-refractivity contribution is -0.659. The van der Waals surface area contributed by atoms with Crippen molar-refractivity contribution in [3.05, 3.63) is 78.0 Å². The summed E-state index contributed by atoms with van der Waals surface area (Å²) in [5, 5.41) is 1.75. The van der Waals surface area contributed by atoms with Gasteiger partial charge < -0.3 is 4.42 Å². The van der Waals surface area contributed by atoms with E-state index in [2.05, 4.69) is 71.4 Å². The fraction of sp³-hybridized carbons (Fsp3) is 0.200. The highest BCUT2D eigenvalue weighted by molar-refractivity contribution is 6.08. The lowest BCUT2D eigenvalue weighted by atomic mass is 10.00. The number of hydrogen-bond acceptors (Lipinski definition) is 2. The van der Waals surface area contributed by atoms with Crippen LogP contribution in [0.25, 0.3) is 39.1 Å². The molecule has 150 valence electrons. The van der Waals surface area contributed by atoms with Gasteiger partial charge in [-0.05, 0) is 36.6 Å². The van der Waals surface area contributed by atoms with Gasteiger partial charge in [-0.1, -0.05) is 44.2 Å². The summed E-state index contributed by atoms with van der Waals surface area (Å²) in [6.07, 6.45) is 4.13. The summed E-state index contributed by atoms with van der Waals surface area (Å²) < 4.78 is 24.1. The van der Waals surface area contributed by atoms with Gasteiger partial charge in [0.05, 0.1) is 7.05 Å². The average molecular weight is 400 g/mol. The Labute approximate surface area is 174 Å². The molecule has 0 amide bonds. The number of rotatable bonds is 3. The first-order valence-electron chi connectivity index (χ1n) is 10.1. The van der Waals surface area contributed by atoms with Gasteiger partial charge in [0.1, 0.15) is 23.6 Å². The number of nitrogens with zero attached hydrogens (tertiary/aromatic N) is 3. The molecule has 0 saturated heterocycles. The molecule has 5 heteroatoms. The Morgan fingerprint density at radius 3 is 2.60 bits per heavy atom. The Kier molecular flexibility index (Phi) is 4.21. The van der Waals surface area contributed by atoms with Crippen LogP contribution in [-0.4, -0.2) is 9.55 Å². The third kappa shape index (κ3) is 2.73. The van der Waals surface area contributed by atoms with Gasteiger partial charge >= 0.3 is 0 Å². The number of furan rings is 1. The maximum atomic E-state index is 13.7. The Balaban J connectivity index is 1.86. The van der Waals surface area contributed by atoms with Crippen LogP contribution in [0.1, 0.15) is 30.9 Å². The van der Waals surface area contributed by atoms with Crippen molar-refractivity contribution in [2.45, 2.75) is 26.7 Å². The normalized spacial score (nSPS) is 11.8. The Morgan fingerprint density at radius 2 is 1.80 bits per heavy atom. The minimum atomic E-state index is -0.542. The molecular weight excluding hydrogens is 377 g/mol. The van der Waals surface area contributed by atoms with Crippen molar-refractivity contribution in [2.75, 3.05) is 0 Å². The summed E-state index contributed by atoms with van der Waals surface area (Å²) in [4.78, 5) is 3.96. The Bertz CT molecular complexity index is 1410. The van der Waals surface area contributed by atoms with E-state index in [1.54, 1.807) is 6.07 Å². The molecule has 0 saturated carbocycles. The van der Waals surface area contributed by atoms with E-state index in [-0.39, 0.29) is 0 Å². The highest BCUT2D eigenvalue weighted by Crippen LogP contribution is 2.37. The third-order valence-electron chi connectivity index (χ3n) is 5.72. The highest BCUT2D eigenvalue weighted by Gasteiger charge is 2.27. The van der Waals surface area contributed by atoms with Gasteiger partial charge in [-0.25, -0.2) is 4.57 Å². The van der Waals surface area contributed by atoms with E-state index in [0.29, 0.717) is 11.6 Å². The van der Waals surface area contributed by atoms with Crippen LogP contribution in [-0.2, 0) is 7.05 Å². The summed E-state index contributed by atoms with van der Waals surface area (Å²) in [5.41, 5.74) is 5.52. The van der Waals surface area contributed by atoms with Crippen LogP contribution in [0, 0.1) is 12.9 Å². The molecule has 4 nitrogen and oxygen atoms in total. The van der Waals surface area contributed by atoms with Gasteiger partial charge in [0.15, 0.2) is 5.58 Å². The fourth-order valence-corrected chi connectivity index (χ4v) is 4.24. The molecule has 5 rings (SSSR count). The SMILES string of the molecule is Cc1ccc2c(oc3nc(F)ccc32)c1-c1n(-c2ccccc2C(C)C)cc[n+]1C. The van der Waals surface area contributed by atoms with E-state index in [1.807, 2.05) is 19.3 Å². The highest BCUT2D eigenvalue weighted by atomic mass is 19.1. The molecular formula is C25H23FN3O+. The molecule has 0 aliphatic rings. The molecule has 0 atom stereocenters. The average Bonchev–Trinajstić information content (AvgIpc) is 3.27. The summed E-state index contributed by atoms with van der Waals surface area (Å²) in [7, 11) is 2.03. The first-order chi connectivity index (χ1) is 14.5. The van der Waals surface area contributed by atoms with Gasteiger partial charge in [0, 0.05) is 16.3 Å². The Morgan fingerprint density at radius 1 is 1.03 bits per heavy atom. The summed E-state index contributed by atoms with van der Waals surface area (Å²) in [6.45, 7) is 6.47. The van der Waals surface area contributed by atoms with Crippen LogP contribution < -0.4 is 4.57 Å². The molecule has 3 aromatic heterocycles. The smallest absolute Gasteiger partial charge is 0.297 e. The minimum Gasteiger partial charge on any atom is -0.437 e. The standard InChI is InChI=1S/C25H23FN3O/c1-15(2)17-7-5-6-8-20(17)29-14-13-28(4)25(29)22-16(3)9-10-18-19-11-12-21(26)27-24(19)30-23(18)22/h5-15H,1-4H3/q+1. The van der Waals surface area contributed by atoms with Crippen molar-refractivity contribution in [2.24, 2.45) is 7.05 Å². The second kappa shape index (κ2) is 6.80. The van der Waals surface area contributed by atoms with Crippen LogP contribution >= 0.6 is 0 Å². The predicted octanol–water partition coefficient (Wildman–Crippen LogP) is 5.83. The number of fused-ring (bicyclic) bond motifs is 3. The Hall–Kier alpha value is -3.47. The van der Waals surface area contributed by atoms with Crippen molar-refractivity contribution in [3.63, 3.8) is 0 Å². The van der Waals surface area contributed by atoms with E-state index >= 15 is 0 Å². The number of halogens is 1. The maximum absolute atomic E-state index is 13.7. The molecule has 0 fully saturated rings. The van der Waals surface area contributed by atoms with Crippen molar-refractivity contribution >= 4 is 22.1 Å². The molecule has 3 heterocycles. The second-order valence-corrected chi connectivity index (χ2v) is 8.04. The lowest BCUT2D eigenvalue weighted by Gasteiger charge is -2.12. The van der Waals surface area contributed by atoms with E-state index in [4.69, 9.17) is 4.42 Å². The van der Waals surface area contributed by atoms with Crippen LogP contribution in [0.15, 0.2) is 65.3 Å². The molecule has 0 radical (unpaired) electrons.